The van der Waals surface area contributed by atoms with Crippen molar-refractivity contribution in [2.24, 2.45) is 11.7 Å². The second-order valence-corrected chi connectivity index (χ2v) is 6.58. The van der Waals surface area contributed by atoms with Crippen LogP contribution in [0.4, 0.5) is 0 Å². The average Bonchev–Trinajstić information content (AvgIpc) is 2.87. The summed E-state index contributed by atoms with van der Waals surface area (Å²) >= 11 is 6.23. The van der Waals surface area contributed by atoms with E-state index in [1.807, 2.05) is 6.07 Å². The second kappa shape index (κ2) is 5.92. The normalized spacial score (nSPS) is 24.2. The number of nitrogens with two attached hydrogens (primary N) is 1. The number of benzene rings is 1. The molecule has 110 valence electrons. The fourth-order valence-corrected chi connectivity index (χ4v) is 3.63. The molecular weight excluding hydrogens is 272 g/mol. The number of rotatable bonds is 3. The van der Waals surface area contributed by atoms with Crippen molar-refractivity contribution in [1.29, 1.82) is 0 Å². The van der Waals surface area contributed by atoms with E-state index in [9.17, 15) is 0 Å². The Balaban J connectivity index is 1.75. The Kier molecular flexibility index (Phi) is 4.20. The molecule has 1 aromatic carbocycles. The van der Waals surface area contributed by atoms with E-state index in [1.165, 1.54) is 24.0 Å². The van der Waals surface area contributed by atoms with E-state index < -0.39 is 0 Å². The third kappa shape index (κ3) is 2.95. The van der Waals surface area contributed by atoms with Crippen molar-refractivity contribution in [3.8, 4) is 5.75 Å². The summed E-state index contributed by atoms with van der Waals surface area (Å²) in [5.74, 6) is 1.68. The molecule has 0 bridgehead atoms. The number of halogens is 1. The predicted molar refractivity (Wildman–Crippen MR) is 82.3 cm³/mol. The molecule has 0 aromatic heterocycles. The molecule has 4 heteroatoms. The van der Waals surface area contributed by atoms with Gasteiger partial charge in [0.25, 0.3) is 0 Å². The lowest BCUT2D eigenvalue weighted by molar-refractivity contribution is 0.153. The zero-order valence-electron chi connectivity index (χ0n) is 12.1. The van der Waals surface area contributed by atoms with E-state index in [1.54, 1.807) is 0 Å². The third-order valence-electron chi connectivity index (χ3n) is 4.50. The van der Waals surface area contributed by atoms with Crippen LogP contribution in [0.3, 0.4) is 0 Å². The summed E-state index contributed by atoms with van der Waals surface area (Å²) < 4.78 is 5.79. The van der Waals surface area contributed by atoms with Gasteiger partial charge in [-0.3, -0.25) is 4.90 Å². The number of piperidine rings is 1. The van der Waals surface area contributed by atoms with Gasteiger partial charge in [-0.25, -0.2) is 0 Å². The maximum Gasteiger partial charge on any atom is 0.127 e. The monoisotopic (exact) mass is 294 g/mol. The van der Waals surface area contributed by atoms with Crippen molar-refractivity contribution in [2.45, 2.75) is 38.8 Å². The molecule has 2 heterocycles. The molecule has 2 aliphatic heterocycles. The maximum atomic E-state index is 6.23. The predicted octanol–water partition coefficient (Wildman–Crippen LogP) is 2.83. The van der Waals surface area contributed by atoms with Crippen LogP contribution < -0.4 is 10.5 Å². The topological polar surface area (TPSA) is 38.5 Å². The van der Waals surface area contributed by atoms with Crippen LogP contribution in [0.25, 0.3) is 0 Å². The summed E-state index contributed by atoms with van der Waals surface area (Å²) in [5, 5.41) is 0.824. The van der Waals surface area contributed by atoms with Crippen LogP contribution in [0.2, 0.25) is 5.02 Å². The highest BCUT2D eigenvalue weighted by Crippen LogP contribution is 2.34. The van der Waals surface area contributed by atoms with Crippen LogP contribution in [0.5, 0.6) is 5.75 Å². The number of hydrogen-bond acceptors (Lipinski definition) is 3. The molecule has 2 unspecified atom stereocenters. The van der Waals surface area contributed by atoms with Crippen molar-refractivity contribution in [3.05, 3.63) is 28.3 Å². The van der Waals surface area contributed by atoms with Crippen LogP contribution >= 0.6 is 11.6 Å². The van der Waals surface area contributed by atoms with Crippen LogP contribution in [0.1, 0.15) is 30.9 Å². The molecule has 0 saturated carbocycles. The first-order valence-electron chi connectivity index (χ1n) is 7.55. The molecule has 3 nitrogen and oxygen atoms in total. The molecular formula is C16H23ClN2O. The first-order valence-corrected chi connectivity index (χ1v) is 7.93. The van der Waals surface area contributed by atoms with Gasteiger partial charge in [-0.1, -0.05) is 11.6 Å². The summed E-state index contributed by atoms with van der Waals surface area (Å²) in [6, 6.07) is 4.37. The zero-order valence-corrected chi connectivity index (χ0v) is 12.8. The molecule has 0 radical (unpaired) electrons. The van der Waals surface area contributed by atoms with Crippen molar-refractivity contribution in [1.82, 2.24) is 4.90 Å². The number of likely N-dealkylation sites (tertiary alicyclic amines) is 1. The van der Waals surface area contributed by atoms with E-state index in [0.29, 0.717) is 5.92 Å². The highest BCUT2D eigenvalue weighted by atomic mass is 35.5. The van der Waals surface area contributed by atoms with E-state index in [4.69, 9.17) is 22.1 Å². The Morgan fingerprint density at radius 3 is 3.15 bits per heavy atom. The SMILES string of the molecule is CC(N)C1CCCN(Cc2cc(Cl)cc3c2OCC3)C1. The minimum atomic E-state index is 0.277. The third-order valence-corrected chi connectivity index (χ3v) is 4.72. The van der Waals surface area contributed by atoms with Crippen LogP contribution in [-0.2, 0) is 13.0 Å². The van der Waals surface area contributed by atoms with Crippen molar-refractivity contribution < 1.29 is 4.74 Å². The molecule has 20 heavy (non-hydrogen) atoms. The van der Waals surface area contributed by atoms with Gasteiger partial charge in [0, 0.05) is 36.1 Å². The van der Waals surface area contributed by atoms with Crippen LogP contribution in [0, 0.1) is 5.92 Å². The molecule has 1 fully saturated rings. The molecule has 0 aliphatic carbocycles. The lowest BCUT2D eigenvalue weighted by Crippen LogP contribution is -2.41. The fraction of sp³-hybridized carbons (Fsp3) is 0.625. The van der Waals surface area contributed by atoms with E-state index >= 15 is 0 Å². The number of fused-ring (bicyclic) bond motifs is 1. The van der Waals surface area contributed by atoms with Gasteiger partial charge in [-0.05, 0) is 49.9 Å². The second-order valence-electron chi connectivity index (χ2n) is 6.15. The zero-order chi connectivity index (χ0) is 14.1. The first-order chi connectivity index (χ1) is 9.63. The summed E-state index contributed by atoms with van der Waals surface area (Å²) in [6.07, 6.45) is 3.46. The van der Waals surface area contributed by atoms with Gasteiger partial charge in [0.1, 0.15) is 5.75 Å². The summed E-state index contributed by atoms with van der Waals surface area (Å²) in [7, 11) is 0. The van der Waals surface area contributed by atoms with Gasteiger partial charge >= 0.3 is 0 Å². The smallest absolute Gasteiger partial charge is 0.127 e. The summed E-state index contributed by atoms with van der Waals surface area (Å²) in [5.41, 5.74) is 8.55. The molecule has 3 rings (SSSR count). The Bertz CT molecular complexity index is 490. The largest absolute Gasteiger partial charge is 0.493 e. The summed E-state index contributed by atoms with van der Waals surface area (Å²) in [4.78, 5) is 2.49. The van der Waals surface area contributed by atoms with Crippen molar-refractivity contribution in [2.75, 3.05) is 19.7 Å². The van der Waals surface area contributed by atoms with Crippen molar-refractivity contribution >= 4 is 11.6 Å². The van der Waals surface area contributed by atoms with Gasteiger partial charge in [0.05, 0.1) is 6.61 Å². The highest BCUT2D eigenvalue weighted by Gasteiger charge is 2.25. The minimum absolute atomic E-state index is 0.277. The quantitative estimate of drug-likeness (QED) is 0.932. The van der Waals surface area contributed by atoms with Gasteiger partial charge in [0.15, 0.2) is 0 Å². The molecule has 1 aromatic rings. The standard InChI is InChI=1S/C16H23ClN2O/c1-11(18)13-3-2-5-19(9-13)10-14-8-15(17)7-12-4-6-20-16(12)14/h7-8,11,13H,2-6,9-10,18H2,1H3. The Morgan fingerprint density at radius 1 is 1.50 bits per heavy atom. The van der Waals surface area contributed by atoms with Gasteiger partial charge in [0.2, 0.25) is 0 Å². The lowest BCUT2D eigenvalue weighted by atomic mass is 9.92. The molecule has 2 atom stereocenters. The molecule has 0 spiro atoms. The van der Waals surface area contributed by atoms with Gasteiger partial charge in [-0.15, -0.1) is 0 Å². The Labute approximate surface area is 126 Å². The first kappa shape index (κ1) is 14.2. The average molecular weight is 295 g/mol. The Hall–Kier alpha value is -0.770. The molecule has 2 N–H and O–H groups in total. The Morgan fingerprint density at radius 2 is 2.35 bits per heavy atom. The van der Waals surface area contributed by atoms with E-state index in [-0.39, 0.29) is 6.04 Å². The number of hydrogen-bond donors (Lipinski definition) is 1. The summed E-state index contributed by atoms with van der Waals surface area (Å²) in [6.45, 7) is 6.05. The fourth-order valence-electron chi connectivity index (χ4n) is 3.37. The lowest BCUT2D eigenvalue weighted by Gasteiger charge is -2.34. The maximum absolute atomic E-state index is 6.23. The minimum Gasteiger partial charge on any atom is -0.493 e. The highest BCUT2D eigenvalue weighted by molar-refractivity contribution is 6.30. The van der Waals surface area contributed by atoms with E-state index in [2.05, 4.69) is 17.9 Å². The van der Waals surface area contributed by atoms with Crippen LogP contribution in [-0.4, -0.2) is 30.6 Å². The van der Waals surface area contributed by atoms with Crippen LogP contribution in [0.15, 0.2) is 12.1 Å². The van der Waals surface area contributed by atoms with Crippen molar-refractivity contribution in [3.63, 3.8) is 0 Å². The molecule has 0 amide bonds. The van der Waals surface area contributed by atoms with Gasteiger partial charge in [-0.2, -0.15) is 0 Å². The van der Waals surface area contributed by atoms with E-state index in [0.717, 1.165) is 43.4 Å². The van der Waals surface area contributed by atoms with Gasteiger partial charge < -0.3 is 10.5 Å². The number of ether oxygens (including phenoxy) is 1. The number of nitrogens with zero attached hydrogens (tertiary/aromatic N) is 1. The molecule has 2 aliphatic rings. The molecule has 1 saturated heterocycles.